The van der Waals surface area contributed by atoms with Gasteiger partial charge in [0.25, 0.3) is 0 Å². The highest BCUT2D eigenvalue weighted by molar-refractivity contribution is 5.93. The number of amides is 2. The van der Waals surface area contributed by atoms with Crippen LogP contribution in [0.3, 0.4) is 0 Å². The molecule has 0 saturated heterocycles. The van der Waals surface area contributed by atoms with Gasteiger partial charge in [0.15, 0.2) is 0 Å². The molecule has 1 aliphatic heterocycles. The third-order valence-electron chi connectivity index (χ3n) is 4.29. The normalized spacial score (nSPS) is 19.9. The summed E-state index contributed by atoms with van der Waals surface area (Å²) in [5.74, 6) is 0. The Labute approximate surface area is 115 Å². The van der Waals surface area contributed by atoms with Gasteiger partial charge in [0.2, 0.25) is 0 Å². The van der Waals surface area contributed by atoms with Gasteiger partial charge in [-0.1, -0.05) is 31.0 Å². The number of carbonyl (C=O) groups is 1. The first kappa shape index (κ1) is 12.5. The van der Waals surface area contributed by atoms with Crippen molar-refractivity contribution < 1.29 is 4.79 Å². The van der Waals surface area contributed by atoms with Gasteiger partial charge in [-0.3, -0.25) is 4.90 Å². The van der Waals surface area contributed by atoms with Crippen molar-refractivity contribution in [2.45, 2.75) is 51.0 Å². The number of fused-ring (bicyclic) bond motifs is 1. The number of rotatable bonds is 1. The maximum atomic E-state index is 12.5. The summed E-state index contributed by atoms with van der Waals surface area (Å²) in [5.41, 5.74) is 2.41. The third-order valence-corrected chi connectivity index (χ3v) is 4.29. The Bertz CT molecular complexity index is 452. The van der Waals surface area contributed by atoms with Crippen LogP contribution >= 0.6 is 0 Å². The van der Waals surface area contributed by atoms with Crippen LogP contribution in [0.5, 0.6) is 0 Å². The van der Waals surface area contributed by atoms with E-state index in [-0.39, 0.29) is 6.03 Å². The smallest absolute Gasteiger partial charge is 0.322 e. The van der Waals surface area contributed by atoms with Crippen molar-refractivity contribution in [2.24, 2.45) is 0 Å². The van der Waals surface area contributed by atoms with Crippen LogP contribution in [0.1, 0.15) is 44.1 Å². The Hall–Kier alpha value is -1.51. The molecule has 1 aromatic rings. The molecule has 1 heterocycles. The van der Waals surface area contributed by atoms with Gasteiger partial charge < -0.3 is 5.32 Å². The van der Waals surface area contributed by atoms with E-state index in [2.05, 4.69) is 23.5 Å². The fourth-order valence-electron chi connectivity index (χ4n) is 3.23. The predicted molar refractivity (Wildman–Crippen MR) is 77.5 cm³/mol. The minimum atomic E-state index is 0.0984. The molecule has 1 saturated carbocycles. The molecule has 0 aromatic heterocycles. The molecule has 3 rings (SSSR count). The second kappa shape index (κ2) is 5.64. The lowest BCUT2D eigenvalue weighted by molar-refractivity contribution is 0.242. The van der Waals surface area contributed by atoms with E-state index in [4.69, 9.17) is 0 Å². The Morgan fingerprint density at radius 3 is 2.74 bits per heavy atom. The van der Waals surface area contributed by atoms with Gasteiger partial charge in [0.05, 0.1) is 0 Å². The van der Waals surface area contributed by atoms with E-state index in [0.29, 0.717) is 6.04 Å². The zero-order valence-electron chi connectivity index (χ0n) is 11.4. The SMILES string of the molecule is O=C(NC1CCCC1)N1CCCCc2ccccc21. The maximum absolute atomic E-state index is 12.5. The molecule has 3 heteroatoms. The topological polar surface area (TPSA) is 32.3 Å². The van der Waals surface area contributed by atoms with Gasteiger partial charge in [-0.2, -0.15) is 0 Å². The average Bonchev–Trinajstić information content (AvgIpc) is 2.83. The number of para-hydroxylation sites is 1. The van der Waals surface area contributed by atoms with E-state index in [1.807, 2.05) is 11.0 Å². The molecule has 1 aliphatic carbocycles. The summed E-state index contributed by atoms with van der Waals surface area (Å²) in [6, 6.07) is 8.81. The van der Waals surface area contributed by atoms with Gasteiger partial charge >= 0.3 is 6.03 Å². The zero-order valence-corrected chi connectivity index (χ0v) is 11.4. The molecule has 19 heavy (non-hydrogen) atoms. The van der Waals surface area contributed by atoms with Crippen molar-refractivity contribution in [3.63, 3.8) is 0 Å². The van der Waals surface area contributed by atoms with Crippen molar-refractivity contribution in [1.82, 2.24) is 5.32 Å². The van der Waals surface area contributed by atoms with Crippen LogP contribution in [0.25, 0.3) is 0 Å². The number of carbonyl (C=O) groups excluding carboxylic acids is 1. The fourth-order valence-corrected chi connectivity index (χ4v) is 3.23. The minimum Gasteiger partial charge on any atom is -0.335 e. The van der Waals surface area contributed by atoms with Crippen molar-refractivity contribution in [3.8, 4) is 0 Å². The molecule has 1 N–H and O–H groups in total. The van der Waals surface area contributed by atoms with Gasteiger partial charge in [0.1, 0.15) is 0 Å². The largest absolute Gasteiger partial charge is 0.335 e. The maximum Gasteiger partial charge on any atom is 0.322 e. The summed E-state index contributed by atoms with van der Waals surface area (Å²) in [6.45, 7) is 0.843. The number of nitrogens with zero attached hydrogens (tertiary/aromatic N) is 1. The number of urea groups is 1. The van der Waals surface area contributed by atoms with E-state index in [1.165, 1.54) is 24.8 Å². The summed E-state index contributed by atoms with van der Waals surface area (Å²) >= 11 is 0. The lowest BCUT2D eigenvalue weighted by Crippen LogP contribution is -2.44. The standard InChI is InChI=1S/C16H22N2O/c19-16(17-14-9-2-3-10-14)18-12-6-5-8-13-7-1-4-11-15(13)18/h1,4,7,11,14H,2-3,5-6,8-10,12H2,(H,17,19). The predicted octanol–water partition coefficient (Wildman–Crippen LogP) is 3.48. The second-order valence-electron chi connectivity index (χ2n) is 5.67. The van der Waals surface area contributed by atoms with Gasteiger partial charge in [0, 0.05) is 18.3 Å². The number of hydrogen-bond acceptors (Lipinski definition) is 1. The van der Waals surface area contributed by atoms with Crippen molar-refractivity contribution in [1.29, 1.82) is 0 Å². The monoisotopic (exact) mass is 258 g/mol. The summed E-state index contributed by atoms with van der Waals surface area (Å²) in [5, 5.41) is 3.20. The minimum absolute atomic E-state index is 0.0984. The zero-order chi connectivity index (χ0) is 13.1. The van der Waals surface area contributed by atoms with E-state index in [0.717, 1.165) is 37.9 Å². The Balaban J connectivity index is 1.77. The lowest BCUT2D eigenvalue weighted by atomic mass is 10.1. The number of aryl methyl sites for hydroxylation is 1. The summed E-state index contributed by atoms with van der Waals surface area (Å²) in [6.07, 6.45) is 8.13. The highest BCUT2D eigenvalue weighted by atomic mass is 16.2. The van der Waals surface area contributed by atoms with Crippen LogP contribution in [0.15, 0.2) is 24.3 Å². The summed E-state index contributed by atoms with van der Waals surface area (Å²) in [7, 11) is 0. The van der Waals surface area contributed by atoms with Crippen molar-refractivity contribution >= 4 is 11.7 Å². The first-order valence-corrected chi connectivity index (χ1v) is 7.50. The highest BCUT2D eigenvalue weighted by Gasteiger charge is 2.24. The first-order chi connectivity index (χ1) is 9.34. The van der Waals surface area contributed by atoms with Crippen LogP contribution in [0, 0.1) is 0 Å². The van der Waals surface area contributed by atoms with Crippen molar-refractivity contribution in [3.05, 3.63) is 29.8 Å². The van der Waals surface area contributed by atoms with Crippen LogP contribution < -0.4 is 10.2 Å². The molecule has 0 bridgehead atoms. The molecule has 0 atom stereocenters. The molecule has 3 nitrogen and oxygen atoms in total. The second-order valence-corrected chi connectivity index (χ2v) is 5.67. The Kier molecular flexibility index (Phi) is 3.72. The quantitative estimate of drug-likeness (QED) is 0.821. The molecule has 1 aromatic carbocycles. The van der Waals surface area contributed by atoms with Gasteiger partial charge in [-0.15, -0.1) is 0 Å². The molecule has 102 valence electrons. The molecule has 0 unspecified atom stereocenters. The molecular formula is C16H22N2O. The van der Waals surface area contributed by atoms with E-state index < -0.39 is 0 Å². The van der Waals surface area contributed by atoms with Crippen LogP contribution in [-0.2, 0) is 6.42 Å². The average molecular weight is 258 g/mol. The third kappa shape index (κ3) is 2.75. The fraction of sp³-hybridized carbons (Fsp3) is 0.562. The van der Waals surface area contributed by atoms with E-state index >= 15 is 0 Å². The highest BCUT2D eigenvalue weighted by Crippen LogP contribution is 2.26. The molecule has 0 radical (unpaired) electrons. The Morgan fingerprint density at radius 2 is 1.89 bits per heavy atom. The molecule has 2 amide bonds. The van der Waals surface area contributed by atoms with Gasteiger partial charge in [-0.05, 0) is 43.7 Å². The number of benzene rings is 1. The van der Waals surface area contributed by atoms with E-state index in [1.54, 1.807) is 0 Å². The number of anilines is 1. The Morgan fingerprint density at radius 1 is 1.11 bits per heavy atom. The van der Waals surface area contributed by atoms with Crippen molar-refractivity contribution in [2.75, 3.05) is 11.4 Å². The molecular weight excluding hydrogens is 236 g/mol. The molecule has 2 aliphatic rings. The van der Waals surface area contributed by atoms with Crippen LogP contribution in [0.4, 0.5) is 10.5 Å². The van der Waals surface area contributed by atoms with Gasteiger partial charge in [-0.25, -0.2) is 4.79 Å². The molecule has 1 fully saturated rings. The van der Waals surface area contributed by atoms with Crippen LogP contribution in [0.2, 0.25) is 0 Å². The number of nitrogens with one attached hydrogen (secondary N) is 1. The summed E-state index contributed by atoms with van der Waals surface area (Å²) < 4.78 is 0. The summed E-state index contributed by atoms with van der Waals surface area (Å²) in [4.78, 5) is 14.4. The number of hydrogen-bond donors (Lipinski definition) is 1. The van der Waals surface area contributed by atoms with Crippen LogP contribution in [-0.4, -0.2) is 18.6 Å². The lowest BCUT2D eigenvalue weighted by Gasteiger charge is -2.25. The first-order valence-electron chi connectivity index (χ1n) is 7.50. The van der Waals surface area contributed by atoms with E-state index in [9.17, 15) is 4.79 Å². The molecule has 0 spiro atoms.